The van der Waals surface area contributed by atoms with Crippen LogP contribution in [0.15, 0.2) is 18.2 Å². The lowest BCUT2D eigenvalue weighted by molar-refractivity contribution is 0.172. The minimum Gasteiger partial charge on any atom is -0.317 e. The Hall–Kier alpha value is -0.820. The lowest BCUT2D eigenvalue weighted by Crippen LogP contribution is -2.36. The van der Waals surface area contributed by atoms with E-state index in [9.17, 15) is 0 Å². The molecule has 0 aromatic heterocycles. The maximum atomic E-state index is 3.51. The van der Waals surface area contributed by atoms with Gasteiger partial charge in [-0.1, -0.05) is 25.1 Å². The highest BCUT2D eigenvalue weighted by Crippen LogP contribution is 2.37. The van der Waals surface area contributed by atoms with Gasteiger partial charge in [-0.3, -0.25) is 0 Å². The second kappa shape index (κ2) is 5.44. The van der Waals surface area contributed by atoms with Gasteiger partial charge in [0.25, 0.3) is 0 Å². The van der Waals surface area contributed by atoms with Crippen LogP contribution in [-0.4, -0.2) is 13.1 Å². The molecular formula is C17H25N. The predicted molar refractivity (Wildman–Crippen MR) is 76.9 cm³/mol. The van der Waals surface area contributed by atoms with Crippen molar-refractivity contribution in [3.8, 4) is 0 Å². The molecule has 1 fully saturated rings. The Labute approximate surface area is 111 Å². The number of nitrogens with one attached hydrogen (secondary N) is 1. The molecule has 0 amide bonds. The normalized spacial score (nSPS) is 25.8. The summed E-state index contributed by atoms with van der Waals surface area (Å²) in [4.78, 5) is 0. The molecule has 0 bridgehead atoms. The zero-order valence-electron chi connectivity index (χ0n) is 11.5. The Bertz CT molecular complexity index is 410. The molecule has 98 valence electrons. The van der Waals surface area contributed by atoms with E-state index >= 15 is 0 Å². The van der Waals surface area contributed by atoms with Crippen molar-refractivity contribution in [3.05, 3.63) is 34.9 Å². The van der Waals surface area contributed by atoms with E-state index in [1.54, 1.807) is 16.7 Å². The van der Waals surface area contributed by atoms with E-state index in [4.69, 9.17) is 0 Å². The Morgan fingerprint density at radius 3 is 2.72 bits per heavy atom. The molecule has 0 spiro atoms. The number of hydrogen-bond donors (Lipinski definition) is 1. The van der Waals surface area contributed by atoms with Crippen molar-refractivity contribution in [2.24, 2.45) is 11.8 Å². The molecule has 0 aliphatic heterocycles. The Kier molecular flexibility index (Phi) is 3.69. The van der Waals surface area contributed by atoms with Crippen molar-refractivity contribution >= 4 is 0 Å². The topological polar surface area (TPSA) is 12.0 Å². The summed E-state index contributed by atoms with van der Waals surface area (Å²) < 4.78 is 0. The standard InChI is InChI=1S/C17H25N/c1-2-18-12-17-9-8-16(17)11-13-6-7-14-4-3-5-15(14)10-13/h6-7,10,16-18H,2-5,8-9,11-12H2,1H3. The van der Waals surface area contributed by atoms with Crippen LogP contribution in [0.4, 0.5) is 0 Å². The van der Waals surface area contributed by atoms with E-state index in [0.29, 0.717) is 0 Å². The minimum absolute atomic E-state index is 0.929. The monoisotopic (exact) mass is 243 g/mol. The summed E-state index contributed by atoms with van der Waals surface area (Å²) in [6.07, 6.45) is 8.17. The summed E-state index contributed by atoms with van der Waals surface area (Å²) in [5, 5.41) is 3.51. The summed E-state index contributed by atoms with van der Waals surface area (Å²) in [7, 11) is 0. The van der Waals surface area contributed by atoms with Gasteiger partial charge >= 0.3 is 0 Å². The summed E-state index contributed by atoms with van der Waals surface area (Å²) >= 11 is 0. The minimum atomic E-state index is 0.929. The molecule has 0 saturated heterocycles. The Morgan fingerprint density at radius 1 is 1.11 bits per heavy atom. The summed E-state index contributed by atoms with van der Waals surface area (Å²) in [5.41, 5.74) is 4.83. The molecule has 1 aromatic rings. The van der Waals surface area contributed by atoms with Crippen molar-refractivity contribution in [2.45, 2.75) is 45.4 Å². The molecule has 2 aliphatic rings. The van der Waals surface area contributed by atoms with Crippen molar-refractivity contribution in [1.29, 1.82) is 0 Å². The van der Waals surface area contributed by atoms with E-state index < -0.39 is 0 Å². The average molecular weight is 243 g/mol. The zero-order chi connectivity index (χ0) is 12.4. The highest BCUT2D eigenvalue weighted by atomic mass is 14.9. The van der Waals surface area contributed by atoms with E-state index in [1.807, 2.05) is 0 Å². The van der Waals surface area contributed by atoms with E-state index in [2.05, 4.69) is 30.4 Å². The molecule has 2 unspecified atom stereocenters. The lowest BCUT2D eigenvalue weighted by atomic mass is 9.70. The largest absolute Gasteiger partial charge is 0.317 e. The van der Waals surface area contributed by atoms with Gasteiger partial charge in [-0.2, -0.15) is 0 Å². The van der Waals surface area contributed by atoms with Gasteiger partial charge in [0.15, 0.2) is 0 Å². The summed E-state index contributed by atoms with van der Waals surface area (Å²) in [5.74, 6) is 1.86. The third-order valence-corrected chi connectivity index (χ3v) is 4.89. The molecule has 2 atom stereocenters. The van der Waals surface area contributed by atoms with Crippen LogP contribution in [0, 0.1) is 11.8 Å². The number of hydrogen-bond acceptors (Lipinski definition) is 1. The van der Waals surface area contributed by atoms with Gasteiger partial charge in [-0.05, 0) is 80.1 Å². The highest BCUT2D eigenvalue weighted by Gasteiger charge is 2.30. The first-order valence-corrected chi connectivity index (χ1v) is 7.68. The second-order valence-corrected chi connectivity index (χ2v) is 6.07. The van der Waals surface area contributed by atoms with Gasteiger partial charge in [-0.25, -0.2) is 0 Å². The fourth-order valence-electron chi connectivity index (χ4n) is 3.56. The lowest BCUT2D eigenvalue weighted by Gasteiger charge is -2.37. The zero-order valence-corrected chi connectivity index (χ0v) is 11.5. The van der Waals surface area contributed by atoms with Gasteiger partial charge in [0.05, 0.1) is 0 Å². The number of aryl methyl sites for hydroxylation is 2. The van der Waals surface area contributed by atoms with Gasteiger partial charge in [0.1, 0.15) is 0 Å². The van der Waals surface area contributed by atoms with Crippen LogP contribution >= 0.6 is 0 Å². The third-order valence-electron chi connectivity index (χ3n) is 4.89. The molecular weight excluding hydrogens is 218 g/mol. The first-order valence-electron chi connectivity index (χ1n) is 7.68. The Balaban J connectivity index is 1.59. The fraction of sp³-hybridized carbons (Fsp3) is 0.647. The van der Waals surface area contributed by atoms with Gasteiger partial charge < -0.3 is 5.32 Å². The molecule has 0 heterocycles. The van der Waals surface area contributed by atoms with Crippen molar-refractivity contribution in [2.75, 3.05) is 13.1 Å². The molecule has 1 nitrogen and oxygen atoms in total. The van der Waals surface area contributed by atoms with Crippen LogP contribution in [-0.2, 0) is 19.3 Å². The van der Waals surface area contributed by atoms with E-state index in [-0.39, 0.29) is 0 Å². The van der Waals surface area contributed by atoms with Crippen LogP contribution < -0.4 is 5.32 Å². The van der Waals surface area contributed by atoms with E-state index in [0.717, 1.165) is 18.4 Å². The van der Waals surface area contributed by atoms with Gasteiger partial charge in [-0.15, -0.1) is 0 Å². The molecule has 1 N–H and O–H groups in total. The SMILES string of the molecule is CCNCC1CCC1Cc1ccc2c(c1)CCC2. The fourth-order valence-corrected chi connectivity index (χ4v) is 3.56. The Morgan fingerprint density at radius 2 is 1.94 bits per heavy atom. The first-order chi connectivity index (χ1) is 8.86. The van der Waals surface area contributed by atoms with Crippen LogP contribution in [0.2, 0.25) is 0 Å². The van der Waals surface area contributed by atoms with Crippen molar-refractivity contribution in [3.63, 3.8) is 0 Å². The van der Waals surface area contributed by atoms with Crippen molar-refractivity contribution in [1.82, 2.24) is 5.32 Å². The molecule has 2 aliphatic carbocycles. The number of benzene rings is 1. The molecule has 1 saturated carbocycles. The van der Waals surface area contributed by atoms with Crippen LogP contribution in [0.5, 0.6) is 0 Å². The van der Waals surface area contributed by atoms with Gasteiger partial charge in [0.2, 0.25) is 0 Å². The molecule has 0 radical (unpaired) electrons. The molecule has 18 heavy (non-hydrogen) atoms. The molecule has 1 heteroatoms. The average Bonchev–Trinajstić information content (AvgIpc) is 2.82. The first kappa shape index (κ1) is 12.2. The van der Waals surface area contributed by atoms with E-state index in [1.165, 1.54) is 45.1 Å². The van der Waals surface area contributed by atoms with Crippen molar-refractivity contribution < 1.29 is 0 Å². The maximum Gasteiger partial charge on any atom is -0.00179 e. The third kappa shape index (κ3) is 2.47. The summed E-state index contributed by atoms with van der Waals surface area (Å²) in [6.45, 7) is 4.54. The summed E-state index contributed by atoms with van der Waals surface area (Å²) in [6, 6.07) is 7.26. The quantitative estimate of drug-likeness (QED) is 0.836. The number of fused-ring (bicyclic) bond motifs is 1. The highest BCUT2D eigenvalue weighted by molar-refractivity contribution is 5.35. The van der Waals surface area contributed by atoms with Crippen LogP contribution in [0.25, 0.3) is 0 Å². The predicted octanol–water partition coefficient (Wildman–Crippen LogP) is 3.35. The van der Waals surface area contributed by atoms with Crippen LogP contribution in [0.1, 0.15) is 42.9 Å². The number of rotatable bonds is 5. The van der Waals surface area contributed by atoms with Gasteiger partial charge in [0, 0.05) is 0 Å². The maximum absolute atomic E-state index is 3.51. The smallest absolute Gasteiger partial charge is 0.00179 e. The second-order valence-electron chi connectivity index (χ2n) is 6.07. The van der Waals surface area contributed by atoms with Crippen LogP contribution in [0.3, 0.4) is 0 Å². The molecule has 1 aromatic carbocycles. The molecule has 3 rings (SSSR count).